The number of carbonyl (C=O) groups is 1. The second-order valence-electron chi connectivity index (χ2n) is 5.15. The Bertz CT molecular complexity index is 873. The molecule has 2 heterocycles. The summed E-state index contributed by atoms with van der Waals surface area (Å²) in [4.78, 5) is 19.8. The van der Waals surface area contributed by atoms with Crippen LogP contribution in [0.1, 0.15) is 23.0 Å². The predicted octanol–water partition coefficient (Wildman–Crippen LogP) is 3.74. The Morgan fingerprint density at radius 3 is 2.91 bits per heavy atom. The van der Waals surface area contributed by atoms with E-state index in [2.05, 4.69) is 9.97 Å². The molecule has 2 aromatic heterocycles. The molecular formula is C17H17ClN2O3. The second kappa shape index (κ2) is 6.56. The Morgan fingerprint density at radius 2 is 2.17 bits per heavy atom. The van der Waals surface area contributed by atoms with Crippen LogP contribution in [0.2, 0.25) is 5.02 Å². The number of pyridine rings is 1. The summed E-state index contributed by atoms with van der Waals surface area (Å²) in [6.07, 6.45) is 2.22. The number of carbonyl (C=O) groups excluding carboxylic acids is 1. The summed E-state index contributed by atoms with van der Waals surface area (Å²) in [5.74, 6) is -0.420. The van der Waals surface area contributed by atoms with Gasteiger partial charge >= 0.3 is 5.97 Å². The van der Waals surface area contributed by atoms with E-state index in [4.69, 9.17) is 21.1 Å². The lowest BCUT2D eigenvalue weighted by Gasteiger charge is -2.09. The summed E-state index contributed by atoms with van der Waals surface area (Å²) in [6, 6.07) is 5.64. The van der Waals surface area contributed by atoms with E-state index in [1.807, 2.05) is 18.2 Å². The minimum Gasteiger partial charge on any atom is -0.461 e. The number of aromatic nitrogens is 2. The molecule has 3 rings (SSSR count). The number of H-pyrrole nitrogens is 1. The van der Waals surface area contributed by atoms with Crippen molar-refractivity contribution in [3.05, 3.63) is 40.7 Å². The van der Waals surface area contributed by atoms with Crippen molar-refractivity contribution < 1.29 is 14.3 Å². The molecular weight excluding hydrogens is 316 g/mol. The Morgan fingerprint density at radius 1 is 1.35 bits per heavy atom. The monoisotopic (exact) mass is 332 g/mol. The van der Waals surface area contributed by atoms with Gasteiger partial charge < -0.3 is 14.5 Å². The highest BCUT2D eigenvalue weighted by Gasteiger charge is 2.20. The zero-order valence-electron chi connectivity index (χ0n) is 13.0. The summed E-state index contributed by atoms with van der Waals surface area (Å²) in [5.41, 5.74) is 2.96. The lowest BCUT2D eigenvalue weighted by molar-refractivity contribution is 0.0518. The molecule has 23 heavy (non-hydrogen) atoms. The van der Waals surface area contributed by atoms with Crippen LogP contribution in [0.3, 0.4) is 0 Å². The van der Waals surface area contributed by atoms with Crippen molar-refractivity contribution in [1.29, 1.82) is 0 Å². The highest BCUT2D eigenvalue weighted by Crippen LogP contribution is 2.32. The maximum Gasteiger partial charge on any atom is 0.357 e. The van der Waals surface area contributed by atoms with Crippen molar-refractivity contribution in [2.75, 3.05) is 20.3 Å². The maximum atomic E-state index is 12.2. The van der Waals surface area contributed by atoms with Crippen molar-refractivity contribution in [3.8, 4) is 0 Å². The molecule has 0 saturated heterocycles. The van der Waals surface area contributed by atoms with Gasteiger partial charge in [-0.2, -0.15) is 0 Å². The van der Waals surface area contributed by atoms with Crippen molar-refractivity contribution in [1.82, 2.24) is 9.97 Å². The number of hydrogen-bond acceptors (Lipinski definition) is 4. The van der Waals surface area contributed by atoms with Gasteiger partial charge in [0.2, 0.25) is 0 Å². The number of nitrogens with zero attached hydrogens (tertiary/aromatic N) is 1. The van der Waals surface area contributed by atoms with Crippen molar-refractivity contribution in [2.24, 2.45) is 0 Å². The number of aromatic amines is 1. The third-order valence-electron chi connectivity index (χ3n) is 3.72. The third kappa shape index (κ3) is 2.90. The smallest absolute Gasteiger partial charge is 0.357 e. The Labute approximate surface area is 138 Å². The number of methoxy groups -OCH3 is 1. The maximum absolute atomic E-state index is 12.2. The molecule has 6 heteroatoms. The molecule has 1 aromatic carbocycles. The van der Waals surface area contributed by atoms with Gasteiger partial charge in [-0.15, -0.1) is 0 Å². The minimum absolute atomic E-state index is 0.308. The molecule has 0 aliphatic heterocycles. The van der Waals surface area contributed by atoms with Crippen LogP contribution in [-0.2, 0) is 15.9 Å². The number of benzene rings is 1. The Balaban J connectivity index is 2.29. The topological polar surface area (TPSA) is 64.2 Å². The fourth-order valence-electron chi connectivity index (χ4n) is 2.76. The van der Waals surface area contributed by atoms with Crippen LogP contribution in [0.4, 0.5) is 0 Å². The number of ether oxygens (including phenoxy) is 2. The van der Waals surface area contributed by atoms with Crippen LogP contribution in [0, 0.1) is 0 Å². The van der Waals surface area contributed by atoms with Crippen molar-refractivity contribution >= 4 is 39.4 Å². The fourth-order valence-corrected chi connectivity index (χ4v) is 2.93. The van der Waals surface area contributed by atoms with E-state index in [0.717, 1.165) is 27.4 Å². The average Bonchev–Trinajstić information content (AvgIpc) is 2.90. The van der Waals surface area contributed by atoms with Gasteiger partial charge in [0.05, 0.1) is 24.9 Å². The molecule has 1 N–H and O–H groups in total. The first-order valence-corrected chi connectivity index (χ1v) is 7.78. The van der Waals surface area contributed by atoms with Gasteiger partial charge in [-0.1, -0.05) is 11.6 Å². The average molecular weight is 333 g/mol. The molecule has 120 valence electrons. The van der Waals surface area contributed by atoms with Gasteiger partial charge in [0, 0.05) is 28.4 Å². The lowest BCUT2D eigenvalue weighted by atomic mass is 10.0. The first-order valence-electron chi connectivity index (χ1n) is 7.40. The molecule has 0 atom stereocenters. The molecule has 0 radical (unpaired) electrons. The summed E-state index contributed by atoms with van der Waals surface area (Å²) in [7, 11) is 1.63. The van der Waals surface area contributed by atoms with Gasteiger partial charge in [-0.05, 0) is 37.1 Å². The molecule has 0 saturated carbocycles. The first kappa shape index (κ1) is 15.8. The van der Waals surface area contributed by atoms with Crippen LogP contribution in [0.15, 0.2) is 24.4 Å². The van der Waals surface area contributed by atoms with Crippen LogP contribution in [-0.4, -0.2) is 36.3 Å². The van der Waals surface area contributed by atoms with Crippen LogP contribution in [0.25, 0.3) is 21.8 Å². The number of rotatable bonds is 5. The largest absolute Gasteiger partial charge is 0.461 e. The molecule has 0 fully saturated rings. The highest BCUT2D eigenvalue weighted by molar-refractivity contribution is 6.32. The number of fused-ring (bicyclic) bond motifs is 3. The lowest BCUT2D eigenvalue weighted by Crippen LogP contribution is -2.12. The van der Waals surface area contributed by atoms with E-state index in [9.17, 15) is 4.79 Å². The molecule has 0 bridgehead atoms. The molecule has 0 spiro atoms. The number of esters is 1. The van der Waals surface area contributed by atoms with Gasteiger partial charge in [0.25, 0.3) is 0 Å². The number of halogens is 1. The van der Waals surface area contributed by atoms with E-state index in [1.54, 1.807) is 20.2 Å². The zero-order chi connectivity index (χ0) is 16.4. The summed E-state index contributed by atoms with van der Waals surface area (Å²) in [6.45, 7) is 2.57. The zero-order valence-corrected chi connectivity index (χ0v) is 13.7. The van der Waals surface area contributed by atoms with Gasteiger partial charge in [-0.3, -0.25) is 0 Å². The standard InChI is InChI=1S/C17H17ClN2O3/c1-3-23-17(21)16-11(6-7-22-2)15-12-8-10(18)4-5-13(12)20-14(15)9-19-16/h4-5,8-9,20H,3,6-7H2,1-2H3. The molecule has 5 nitrogen and oxygen atoms in total. The van der Waals surface area contributed by atoms with E-state index in [-0.39, 0.29) is 0 Å². The van der Waals surface area contributed by atoms with E-state index in [0.29, 0.717) is 30.4 Å². The summed E-state index contributed by atoms with van der Waals surface area (Å²) >= 11 is 6.14. The SMILES string of the molecule is CCOC(=O)c1ncc2[nH]c3ccc(Cl)cc3c2c1CCOC. The van der Waals surface area contributed by atoms with Crippen LogP contribution >= 0.6 is 11.6 Å². The molecule has 0 amide bonds. The van der Waals surface area contributed by atoms with Gasteiger partial charge in [-0.25, -0.2) is 9.78 Å². The van der Waals surface area contributed by atoms with Crippen molar-refractivity contribution in [2.45, 2.75) is 13.3 Å². The Hall–Kier alpha value is -2.11. The van der Waals surface area contributed by atoms with Gasteiger partial charge in [0.1, 0.15) is 0 Å². The molecule has 0 unspecified atom stereocenters. The second-order valence-corrected chi connectivity index (χ2v) is 5.59. The molecule has 3 aromatic rings. The van der Waals surface area contributed by atoms with Gasteiger partial charge in [0.15, 0.2) is 5.69 Å². The fraction of sp³-hybridized carbons (Fsp3) is 0.294. The quantitative estimate of drug-likeness (QED) is 0.723. The van der Waals surface area contributed by atoms with Crippen LogP contribution < -0.4 is 0 Å². The summed E-state index contributed by atoms with van der Waals surface area (Å²) < 4.78 is 10.3. The normalized spacial score (nSPS) is 11.3. The highest BCUT2D eigenvalue weighted by atomic mass is 35.5. The van der Waals surface area contributed by atoms with E-state index < -0.39 is 5.97 Å². The molecule has 0 aliphatic rings. The number of nitrogens with one attached hydrogen (secondary N) is 1. The summed E-state index contributed by atoms with van der Waals surface area (Å²) in [5, 5.41) is 2.55. The Kier molecular flexibility index (Phi) is 4.50. The van der Waals surface area contributed by atoms with E-state index >= 15 is 0 Å². The predicted molar refractivity (Wildman–Crippen MR) is 90.1 cm³/mol. The third-order valence-corrected chi connectivity index (χ3v) is 3.96. The number of hydrogen-bond donors (Lipinski definition) is 1. The van der Waals surface area contributed by atoms with Crippen molar-refractivity contribution in [3.63, 3.8) is 0 Å². The van der Waals surface area contributed by atoms with Crippen LogP contribution in [0.5, 0.6) is 0 Å². The first-order chi connectivity index (χ1) is 11.2. The minimum atomic E-state index is -0.420. The van der Waals surface area contributed by atoms with E-state index in [1.165, 1.54) is 0 Å². The molecule has 0 aliphatic carbocycles.